The summed E-state index contributed by atoms with van der Waals surface area (Å²) in [5.74, 6) is -0.763. The molecule has 2 aromatic rings. The van der Waals surface area contributed by atoms with Gasteiger partial charge in [0, 0.05) is 5.56 Å². The predicted octanol–water partition coefficient (Wildman–Crippen LogP) is 2.45. The molecule has 3 rings (SSSR count). The molecule has 8 heteroatoms. The minimum Gasteiger partial charge on any atom is -0.507 e. The lowest BCUT2D eigenvalue weighted by Crippen LogP contribution is -3.12. The van der Waals surface area contributed by atoms with E-state index in [1.54, 1.807) is 44.4 Å². The van der Waals surface area contributed by atoms with Crippen molar-refractivity contribution in [2.75, 3.05) is 39.9 Å². The van der Waals surface area contributed by atoms with Crippen LogP contribution in [0.4, 0.5) is 0 Å². The van der Waals surface area contributed by atoms with E-state index in [0.29, 0.717) is 36.6 Å². The van der Waals surface area contributed by atoms with Gasteiger partial charge >= 0.3 is 0 Å². The maximum absolute atomic E-state index is 13.3. The number of methoxy groups -OCH3 is 1. The lowest BCUT2D eigenvalue weighted by molar-refractivity contribution is -0.895. The van der Waals surface area contributed by atoms with Gasteiger partial charge in [0.25, 0.3) is 11.7 Å². The summed E-state index contributed by atoms with van der Waals surface area (Å²) in [5, 5.41) is 21.5. The van der Waals surface area contributed by atoms with Crippen molar-refractivity contribution in [2.45, 2.75) is 33.7 Å². The van der Waals surface area contributed by atoms with Crippen molar-refractivity contribution < 1.29 is 34.2 Å². The van der Waals surface area contributed by atoms with Crippen LogP contribution in [0, 0.1) is 6.92 Å². The second-order valence-corrected chi connectivity index (χ2v) is 8.54. The highest BCUT2D eigenvalue weighted by molar-refractivity contribution is 6.46. The maximum Gasteiger partial charge on any atom is 0.295 e. The van der Waals surface area contributed by atoms with E-state index < -0.39 is 17.7 Å². The number of aliphatic hydroxyl groups excluding tert-OH is 1. The van der Waals surface area contributed by atoms with Gasteiger partial charge in [-0.15, -0.1) is 0 Å². The molecule has 1 amide bonds. The molecule has 188 valence electrons. The SMILES string of the molecule is CCOc1cc(C2C(=C(O)c3ccc(OC)c(C)c3)C(=O)C(=O)N2CC[NH+](CC)CC)ccc1O. The number of aryl methyl sites for hydroxylation is 1. The number of likely N-dealkylation sites (N-methyl/N-ethyl adjacent to an activating group) is 1. The number of carbonyl (C=O) groups is 2. The first-order chi connectivity index (χ1) is 16.8. The molecule has 1 atom stereocenters. The van der Waals surface area contributed by atoms with Crippen LogP contribution in [0.1, 0.15) is 43.5 Å². The summed E-state index contributed by atoms with van der Waals surface area (Å²) in [6, 6.07) is 9.04. The summed E-state index contributed by atoms with van der Waals surface area (Å²) in [6.07, 6.45) is 0. The Labute approximate surface area is 206 Å². The molecule has 0 aliphatic carbocycles. The second kappa shape index (κ2) is 11.3. The molecule has 0 aromatic heterocycles. The zero-order chi connectivity index (χ0) is 25.7. The number of benzene rings is 2. The number of hydrogen-bond donors (Lipinski definition) is 3. The summed E-state index contributed by atoms with van der Waals surface area (Å²) >= 11 is 0. The molecule has 0 spiro atoms. The zero-order valence-corrected chi connectivity index (χ0v) is 21.1. The summed E-state index contributed by atoms with van der Waals surface area (Å²) in [5.41, 5.74) is 1.80. The lowest BCUT2D eigenvalue weighted by Gasteiger charge is -2.27. The summed E-state index contributed by atoms with van der Waals surface area (Å²) in [7, 11) is 1.56. The van der Waals surface area contributed by atoms with Crippen LogP contribution < -0.4 is 14.4 Å². The molecular formula is C27H35N2O6+. The van der Waals surface area contributed by atoms with E-state index in [2.05, 4.69) is 13.8 Å². The first kappa shape index (κ1) is 26.1. The molecule has 8 nitrogen and oxygen atoms in total. The van der Waals surface area contributed by atoms with Crippen LogP contribution in [0.3, 0.4) is 0 Å². The minimum absolute atomic E-state index is 0.0160. The van der Waals surface area contributed by atoms with Crippen molar-refractivity contribution in [3.05, 3.63) is 58.7 Å². The topological polar surface area (TPSA) is 101 Å². The lowest BCUT2D eigenvalue weighted by atomic mass is 9.94. The molecule has 0 radical (unpaired) electrons. The number of rotatable bonds is 10. The molecule has 1 aliphatic heterocycles. The highest BCUT2D eigenvalue weighted by Crippen LogP contribution is 2.41. The number of ketones is 1. The standard InChI is InChI=1S/C27H34N2O6/c1-6-28(7-2)13-14-29-24(18-9-11-20(30)22(16-18)35-8-3)23(26(32)27(29)33)25(31)19-10-12-21(34-5)17(4)15-19/h9-12,15-16,24,30-31H,6-8,13-14H2,1-5H3/p+1. The normalized spacial score (nSPS) is 17.3. The molecule has 0 bridgehead atoms. The van der Waals surface area contributed by atoms with Crippen molar-refractivity contribution in [1.82, 2.24) is 4.90 Å². The number of nitrogens with one attached hydrogen (secondary N) is 1. The van der Waals surface area contributed by atoms with Crippen LogP contribution in [0.2, 0.25) is 0 Å². The molecule has 1 unspecified atom stereocenters. The van der Waals surface area contributed by atoms with Crippen molar-refractivity contribution in [2.24, 2.45) is 0 Å². The number of aliphatic hydroxyl groups is 1. The Balaban J connectivity index is 2.16. The van der Waals surface area contributed by atoms with E-state index in [0.717, 1.165) is 18.7 Å². The molecule has 1 heterocycles. The molecule has 2 aromatic carbocycles. The van der Waals surface area contributed by atoms with Gasteiger partial charge in [-0.25, -0.2) is 0 Å². The van der Waals surface area contributed by atoms with E-state index >= 15 is 0 Å². The van der Waals surface area contributed by atoms with E-state index in [9.17, 15) is 19.8 Å². The van der Waals surface area contributed by atoms with Crippen molar-refractivity contribution >= 4 is 17.4 Å². The van der Waals surface area contributed by atoms with Gasteiger partial charge in [-0.3, -0.25) is 9.59 Å². The zero-order valence-electron chi connectivity index (χ0n) is 21.1. The van der Waals surface area contributed by atoms with Crippen LogP contribution in [-0.2, 0) is 9.59 Å². The summed E-state index contributed by atoms with van der Waals surface area (Å²) < 4.78 is 10.9. The third-order valence-corrected chi connectivity index (χ3v) is 6.51. The van der Waals surface area contributed by atoms with Gasteiger partial charge < -0.3 is 29.5 Å². The van der Waals surface area contributed by atoms with E-state index in [1.807, 2.05) is 6.92 Å². The van der Waals surface area contributed by atoms with Crippen molar-refractivity contribution in [1.29, 1.82) is 0 Å². The number of quaternary nitrogens is 1. The quantitative estimate of drug-likeness (QED) is 0.273. The van der Waals surface area contributed by atoms with Gasteiger partial charge in [0.05, 0.1) is 51.5 Å². The largest absolute Gasteiger partial charge is 0.507 e. The molecule has 1 aliphatic rings. The number of amides is 1. The highest BCUT2D eigenvalue weighted by atomic mass is 16.5. The van der Waals surface area contributed by atoms with Crippen molar-refractivity contribution in [3.63, 3.8) is 0 Å². The molecule has 1 fully saturated rings. The number of phenolic OH excluding ortho intramolecular Hbond substituents is 1. The van der Waals surface area contributed by atoms with Gasteiger partial charge in [-0.2, -0.15) is 0 Å². The summed E-state index contributed by atoms with van der Waals surface area (Å²) in [4.78, 5) is 29.3. The van der Waals surface area contributed by atoms with E-state index in [1.165, 1.54) is 15.9 Å². The maximum atomic E-state index is 13.3. The van der Waals surface area contributed by atoms with Crippen LogP contribution in [0.25, 0.3) is 5.76 Å². The fraction of sp³-hybridized carbons (Fsp3) is 0.407. The van der Waals surface area contributed by atoms with Crippen LogP contribution in [0.5, 0.6) is 17.2 Å². The Morgan fingerprint density at radius 1 is 1.06 bits per heavy atom. The van der Waals surface area contributed by atoms with E-state index in [-0.39, 0.29) is 22.8 Å². The molecule has 1 saturated heterocycles. The Hall–Kier alpha value is -3.52. The predicted molar refractivity (Wildman–Crippen MR) is 133 cm³/mol. The third kappa shape index (κ3) is 5.27. The van der Waals surface area contributed by atoms with Crippen LogP contribution in [0.15, 0.2) is 42.0 Å². The van der Waals surface area contributed by atoms with E-state index in [4.69, 9.17) is 9.47 Å². The van der Waals surface area contributed by atoms with Crippen molar-refractivity contribution in [3.8, 4) is 17.2 Å². The number of likely N-dealkylation sites (tertiary alicyclic amines) is 1. The first-order valence-electron chi connectivity index (χ1n) is 12.0. The fourth-order valence-electron chi connectivity index (χ4n) is 4.49. The molecule has 3 N–H and O–H groups in total. The number of nitrogens with zero attached hydrogens (tertiary/aromatic N) is 1. The number of carbonyl (C=O) groups excluding carboxylic acids is 2. The van der Waals surface area contributed by atoms with Crippen LogP contribution in [-0.4, -0.2) is 66.7 Å². The van der Waals surface area contributed by atoms with Crippen LogP contribution >= 0.6 is 0 Å². The van der Waals surface area contributed by atoms with Gasteiger partial charge in [0.2, 0.25) is 0 Å². The number of hydrogen-bond acceptors (Lipinski definition) is 6. The van der Waals surface area contributed by atoms with Gasteiger partial charge in [-0.1, -0.05) is 6.07 Å². The summed E-state index contributed by atoms with van der Waals surface area (Å²) in [6.45, 7) is 10.9. The van der Waals surface area contributed by atoms with Gasteiger partial charge in [0.1, 0.15) is 11.5 Å². The first-order valence-corrected chi connectivity index (χ1v) is 12.0. The highest BCUT2D eigenvalue weighted by Gasteiger charge is 2.46. The number of phenols is 1. The minimum atomic E-state index is -0.813. The fourth-order valence-corrected chi connectivity index (χ4v) is 4.49. The van der Waals surface area contributed by atoms with Gasteiger partial charge in [-0.05, 0) is 69.2 Å². The average molecular weight is 484 g/mol. The Kier molecular flexibility index (Phi) is 8.40. The average Bonchev–Trinajstić information content (AvgIpc) is 3.10. The monoisotopic (exact) mass is 483 g/mol. The Morgan fingerprint density at radius 3 is 2.37 bits per heavy atom. The molecule has 35 heavy (non-hydrogen) atoms. The second-order valence-electron chi connectivity index (χ2n) is 8.54. The third-order valence-electron chi connectivity index (χ3n) is 6.51. The van der Waals surface area contributed by atoms with Gasteiger partial charge in [0.15, 0.2) is 11.5 Å². The Morgan fingerprint density at radius 2 is 1.77 bits per heavy atom. The smallest absolute Gasteiger partial charge is 0.295 e. The Bertz CT molecular complexity index is 1120. The number of aromatic hydroxyl groups is 1. The molecule has 0 saturated carbocycles. The number of ether oxygens (including phenoxy) is 2. The number of Topliss-reactive ketones (excluding diaryl/α,β-unsaturated/α-hetero) is 1. The molecular weight excluding hydrogens is 448 g/mol.